The SMILES string of the molecule is Cc1nnc(N2CCCC(S(=O)(=O)NC3CCCC3)C2)n1CCc1ccc(O)cc1. The lowest BCUT2D eigenvalue weighted by Crippen LogP contribution is -2.49. The Balaban J connectivity index is 1.45. The lowest BCUT2D eigenvalue weighted by atomic mass is 10.1. The predicted molar refractivity (Wildman–Crippen MR) is 116 cm³/mol. The van der Waals surface area contributed by atoms with E-state index in [1.165, 1.54) is 0 Å². The number of nitrogens with one attached hydrogen (secondary N) is 1. The van der Waals surface area contributed by atoms with Crippen molar-refractivity contribution in [2.45, 2.75) is 69.7 Å². The van der Waals surface area contributed by atoms with Gasteiger partial charge in [-0.15, -0.1) is 10.2 Å². The zero-order valence-corrected chi connectivity index (χ0v) is 18.3. The van der Waals surface area contributed by atoms with E-state index >= 15 is 0 Å². The van der Waals surface area contributed by atoms with Crippen molar-refractivity contribution in [3.63, 3.8) is 0 Å². The van der Waals surface area contributed by atoms with Gasteiger partial charge in [-0.1, -0.05) is 25.0 Å². The Morgan fingerprint density at radius 3 is 2.57 bits per heavy atom. The van der Waals surface area contributed by atoms with Crippen LogP contribution in [-0.2, 0) is 23.0 Å². The van der Waals surface area contributed by atoms with Crippen LogP contribution in [0.2, 0.25) is 0 Å². The van der Waals surface area contributed by atoms with E-state index in [-0.39, 0.29) is 11.8 Å². The van der Waals surface area contributed by atoms with Crippen molar-refractivity contribution in [2.75, 3.05) is 18.0 Å². The first-order chi connectivity index (χ1) is 14.4. The van der Waals surface area contributed by atoms with Crippen LogP contribution in [0.3, 0.4) is 0 Å². The zero-order valence-electron chi connectivity index (χ0n) is 17.5. The molecule has 8 nitrogen and oxygen atoms in total. The maximum Gasteiger partial charge on any atom is 0.227 e. The van der Waals surface area contributed by atoms with Crippen LogP contribution in [-0.4, -0.2) is 52.7 Å². The molecule has 1 saturated heterocycles. The fraction of sp³-hybridized carbons (Fsp3) is 0.619. The zero-order chi connectivity index (χ0) is 21.1. The summed E-state index contributed by atoms with van der Waals surface area (Å²) in [4.78, 5) is 2.07. The van der Waals surface area contributed by atoms with Gasteiger partial charge in [0.2, 0.25) is 16.0 Å². The van der Waals surface area contributed by atoms with Crippen molar-refractivity contribution in [1.29, 1.82) is 0 Å². The van der Waals surface area contributed by atoms with E-state index in [4.69, 9.17) is 0 Å². The molecule has 1 aromatic heterocycles. The molecule has 0 spiro atoms. The van der Waals surface area contributed by atoms with Crippen LogP contribution in [0.5, 0.6) is 5.75 Å². The van der Waals surface area contributed by atoms with Crippen LogP contribution < -0.4 is 9.62 Å². The summed E-state index contributed by atoms with van der Waals surface area (Å²) in [7, 11) is -3.35. The second kappa shape index (κ2) is 8.93. The molecule has 9 heteroatoms. The van der Waals surface area contributed by atoms with Gasteiger partial charge in [0.15, 0.2) is 0 Å². The predicted octanol–water partition coefficient (Wildman–Crippen LogP) is 2.37. The van der Waals surface area contributed by atoms with Crippen LogP contribution in [0.25, 0.3) is 0 Å². The lowest BCUT2D eigenvalue weighted by molar-refractivity contribution is 0.475. The van der Waals surface area contributed by atoms with Crippen molar-refractivity contribution < 1.29 is 13.5 Å². The Kier molecular flexibility index (Phi) is 6.29. The van der Waals surface area contributed by atoms with Crippen molar-refractivity contribution in [1.82, 2.24) is 19.5 Å². The maximum atomic E-state index is 12.9. The van der Waals surface area contributed by atoms with Gasteiger partial charge in [-0.3, -0.25) is 4.57 Å². The summed E-state index contributed by atoms with van der Waals surface area (Å²) < 4.78 is 30.9. The molecule has 0 radical (unpaired) electrons. The fourth-order valence-corrected chi connectivity index (χ4v) is 6.26. The summed E-state index contributed by atoms with van der Waals surface area (Å²) in [6, 6.07) is 7.29. The standard InChI is InChI=1S/C21H31N5O3S/c1-16-22-23-21(26(16)14-12-17-8-10-19(27)11-9-17)25-13-4-7-20(15-25)30(28,29)24-18-5-2-3-6-18/h8-11,18,20,24,27H,2-7,12-15H2,1H3. The minimum Gasteiger partial charge on any atom is -0.508 e. The fourth-order valence-electron chi connectivity index (χ4n) is 4.51. The van der Waals surface area contributed by atoms with Crippen LogP contribution in [0, 0.1) is 6.92 Å². The summed E-state index contributed by atoms with van der Waals surface area (Å²) >= 11 is 0. The number of phenolic OH excluding ortho intramolecular Hbond substituents is 1. The monoisotopic (exact) mass is 433 g/mol. The van der Waals surface area contributed by atoms with E-state index in [2.05, 4.69) is 24.4 Å². The van der Waals surface area contributed by atoms with Gasteiger partial charge in [0.25, 0.3) is 0 Å². The topological polar surface area (TPSA) is 100 Å². The van der Waals surface area contributed by atoms with Crippen molar-refractivity contribution in [3.8, 4) is 5.75 Å². The van der Waals surface area contributed by atoms with Gasteiger partial charge < -0.3 is 10.0 Å². The van der Waals surface area contributed by atoms with E-state index in [1.807, 2.05) is 19.1 Å². The van der Waals surface area contributed by atoms with E-state index in [9.17, 15) is 13.5 Å². The lowest BCUT2D eigenvalue weighted by Gasteiger charge is -2.33. The molecule has 2 N–H and O–H groups in total. The first kappa shape index (κ1) is 21.1. The highest BCUT2D eigenvalue weighted by Gasteiger charge is 2.34. The summed E-state index contributed by atoms with van der Waals surface area (Å²) in [6.45, 7) is 3.85. The van der Waals surface area contributed by atoms with Crippen molar-refractivity contribution >= 4 is 16.0 Å². The third-order valence-corrected chi connectivity index (χ3v) is 8.19. The van der Waals surface area contributed by atoms with Crippen LogP contribution >= 0.6 is 0 Å². The Labute approximate surface area is 178 Å². The van der Waals surface area contributed by atoms with Gasteiger partial charge in [-0.2, -0.15) is 0 Å². The van der Waals surface area contributed by atoms with Crippen LogP contribution in [0.1, 0.15) is 49.9 Å². The molecular formula is C21H31N5O3S. The van der Waals surface area contributed by atoms with Gasteiger partial charge in [0.05, 0.1) is 5.25 Å². The number of hydrogen-bond donors (Lipinski definition) is 2. The van der Waals surface area contributed by atoms with Crippen molar-refractivity contribution in [2.24, 2.45) is 0 Å². The number of rotatable bonds is 7. The maximum absolute atomic E-state index is 12.9. The number of hydrogen-bond acceptors (Lipinski definition) is 6. The third-order valence-electron chi connectivity index (χ3n) is 6.26. The molecule has 164 valence electrons. The minimum atomic E-state index is -3.35. The highest BCUT2D eigenvalue weighted by atomic mass is 32.2. The average Bonchev–Trinajstić information content (AvgIpc) is 3.37. The number of benzene rings is 1. The first-order valence-corrected chi connectivity index (χ1v) is 12.4. The largest absolute Gasteiger partial charge is 0.508 e. The van der Waals surface area contributed by atoms with E-state index in [1.54, 1.807) is 12.1 Å². The molecule has 1 unspecified atom stereocenters. The number of aromatic hydroxyl groups is 1. The van der Waals surface area contributed by atoms with E-state index in [0.29, 0.717) is 19.5 Å². The number of nitrogens with zero attached hydrogens (tertiary/aromatic N) is 4. The van der Waals surface area contributed by atoms with Gasteiger partial charge in [0.1, 0.15) is 11.6 Å². The molecule has 1 aromatic carbocycles. The summed E-state index contributed by atoms with van der Waals surface area (Å²) in [6.07, 6.45) is 6.38. The summed E-state index contributed by atoms with van der Waals surface area (Å²) in [5, 5.41) is 17.7. The molecule has 2 aliphatic rings. The molecule has 2 fully saturated rings. The van der Waals surface area contributed by atoms with Gasteiger partial charge in [0, 0.05) is 25.7 Å². The smallest absolute Gasteiger partial charge is 0.227 e. The van der Waals surface area contributed by atoms with Gasteiger partial charge in [-0.25, -0.2) is 13.1 Å². The number of aromatic nitrogens is 3. The summed E-state index contributed by atoms with van der Waals surface area (Å²) in [5.74, 6) is 1.82. The highest BCUT2D eigenvalue weighted by molar-refractivity contribution is 7.90. The molecule has 30 heavy (non-hydrogen) atoms. The third kappa shape index (κ3) is 4.78. The minimum absolute atomic E-state index is 0.0987. The molecule has 1 aliphatic heterocycles. The quantitative estimate of drug-likeness (QED) is 0.695. The summed E-state index contributed by atoms with van der Waals surface area (Å²) in [5.41, 5.74) is 1.12. The number of sulfonamides is 1. The number of aryl methyl sites for hydroxylation is 2. The molecular weight excluding hydrogens is 402 g/mol. The van der Waals surface area contributed by atoms with Crippen molar-refractivity contribution in [3.05, 3.63) is 35.7 Å². The first-order valence-electron chi connectivity index (χ1n) is 10.9. The second-order valence-corrected chi connectivity index (χ2v) is 10.5. The van der Waals surface area contributed by atoms with E-state index in [0.717, 1.165) is 62.4 Å². The Hall–Kier alpha value is -2.13. The number of anilines is 1. The average molecular weight is 434 g/mol. The molecule has 1 atom stereocenters. The molecule has 4 rings (SSSR count). The Morgan fingerprint density at radius 2 is 1.83 bits per heavy atom. The molecule has 2 heterocycles. The molecule has 0 bridgehead atoms. The second-order valence-electron chi connectivity index (χ2n) is 8.47. The highest BCUT2D eigenvalue weighted by Crippen LogP contribution is 2.25. The van der Waals surface area contributed by atoms with Gasteiger partial charge >= 0.3 is 0 Å². The number of phenols is 1. The van der Waals surface area contributed by atoms with Gasteiger partial charge in [-0.05, 0) is 56.7 Å². The Bertz CT molecular complexity index is 952. The van der Waals surface area contributed by atoms with Crippen LogP contribution in [0.15, 0.2) is 24.3 Å². The molecule has 1 aliphatic carbocycles. The molecule has 1 saturated carbocycles. The van der Waals surface area contributed by atoms with E-state index < -0.39 is 15.3 Å². The number of piperidine rings is 1. The van der Waals surface area contributed by atoms with Crippen LogP contribution in [0.4, 0.5) is 5.95 Å². The molecule has 2 aromatic rings. The Morgan fingerprint density at radius 1 is 1.10 bits per heavy atom. The molecule has 0 amide bonds. The normalized spacial score (nSPS) is 20.7.